The molecule has 0 unspecified atom stereocenters. The first-order chi connectivity index (χ1) is 67.6. The van der Waals surface area contributed by atoms with Gasteiger partial charge >= 0.3 is 65.6 Å². The predicted octanol–water partition coefficient (Wildman–Crippen LogP) is 17.5. The Bertz CT molecular complexity index is 5700. The number of nitrogen functional groups attached to an aromatic ring is 1. The van der Waals surface area contributed by atoms with Crippen molar-refractivity contribution in [1.82, 2.24) is 49.5 Å². The van der Waals surface area contributed by atoms with Crippen LogP contribution in [0.4, 0.5) is 109 Å². The quantitative estimate of drug-likeness (QED) is 0.00826. The minimum Gasteiger partial charge on any atom is -1.00 e. The number of ether oxygens (including phenoxy) is 11. The molecule has 42 nitrogen and oxygen atoms in total. The van der Waals surface area contributed by atoms with Gasteiger partial charge in [0.15, 0.2) is 0 Å². The van der Waals surface area contributed by atoms with E-state index in [0.29, 0.717) is 67.6 Å². The number of carbonyl (C=O) groups excluding carboxylic acids is 6. The molecule has 0 atom stereocenters. The number of carbonyl (C=O) groups is 6. The summed E-state index contributed by atoms with van der Waals surface area (Å²) < 4.78 is 56.9. The molecule has 7 heterocycles. The molecule has 0 saturated carbocycles. The number of likely N-dealkylation sites (N-methyl/N-ethyl adjacent to an activating group) is 4. The number of nitrogens with one attached hydrogen (secondary N) is 2. The van der Waals surface area contributed by atoms with E-state index in [1.807, 2.05) is 108 Å². The van der Waals surface area contributed by atoms with Crippen LogP contribution in [0, 0.1) is 20.2 Å². The van der Waals surface area contributed by atoms with Gasteiger partial charge in [-0.3, -0.25) is 25.5 Å². The third-order valence-electron chi connectivity index (χ3n) is 20.3. The van der Waals surface area contributed by atoms with Crippen LogP contribution < -0.4 is 99.0 Å². The maximum absolute atomic E-state index is 13.5. The second-order valence-corrected chi connectivity index (χ2v) is 39.1. The zero-order valence-electron chi connectivity index (χ0n) is 87.5. The number of aromatic nitrogens is 6. The zero-order valence-corrected chi connectivity index (χ0v) is 91.6. The Morgan fingerprint density at radius 3 is 1.12 bits per heavy atom. The molecule has 0 spiro atoms. The Labute approximate surface area is 897 Å². The maximum atomic E-state index is 13.5. The summed E-state index contributed by atoms with van der Waals surface area (Å²) in [6.07, 6.45) is 0.0927. The van der Waals surface area contributed by atoms with E-state index in [0.717, 1.165) is 128 Å². The number of benzene rings is 6. The molecule has 3 aromatic heterocycles. The van der Waals surface area contributed by atoms with E-state index >= 15 is 0 Å². The van der Waals surface area contributed by atoms with E-state index in [1.54, 1.807) is 109 Å². The van der Waals surface area contributed by atoms with Gasteiger partial charge in [0.2, 0.25) is 0 Å². The summed E-state index contributed by atoms with van der Waals surface area (Å²) in [4.78, 5) is 136. The summed E-state index contributed by atoms with van der Waals surface area (Å²) in [5, 5.41) is 28.1. The van der Waals surface area contributed by atoms with Crippen molar-refractivity contribution in [3.05, 3.63) is 194 Å². The maximum Gasteiger partial charge on any atom is 1.00 e. The average Bonchev–Trinajstić information content (AvgIpc) is 0.781. The monoisotopic (exact) mass is 2120 g/mol. The first-order valence-electron chi connectivity index (χ1n) is 45.6. The Morgan fingerprint density at radius 2 is 0.760 bits per heavy atom. The molecule has 0 bridgehead atoms. The minimum absolute atomic E-state index is 0. The second kappa shape index (κ2) is 58.1. The van der Waals surface area contributed by atoms with Gasteiger partial charge in [0.1, 0.15) is 109 Å². The number of anilines is 12. The first-order valence-corrected chi connectivity index (χ1v) is 47.1. The van der Waals surface area contributed by atoms with Crippen LogP contribution in [0.15, 0.2) is 159 Å². The van der Waals surface area contributed by atoms with Gasteiger partial charge in [-0.15, -0.1) is 0 Å². The van der Waals surface area contributed by atoms with E-state index in [4.69, 9.17) is 94.8 Å². The fraction of sp³-hybridized carbons (Fsp3) is 0.455. The number of amides is 3. The number of halogens is 4. The van der Waals surface area contributed by atoms with Gasteiger partial charge in [0.25, 0.3) is 11.4 Å². The number of piperazine rings is 4. The number of non-ortho nitro benzene ring substituents is 2. The van der Waals surface area contributed by atoms with Crippen molar-refractivity contribution < 1.29 is 122 Å². The van der Waals surface area contributed by atoms with E-state index in [2.05, 4.69) is 123 Å². The van der Waals surface area contributed by atoms with Crippen molar-refractivity contribution >= 4 is 162 Å². The predicted molar refractivity (Wildman–Crippen MR) is 566 cm³/mol. The average molecular weight is 2120 g/mol. The van der Waals surface area contributed by atoms with E-state index in [-0.39, 0.29) is 66.5 Å². The molecule has 4 fully saturated rings. The van der Waals surface area contributed by atoms with Crippen molar-refractivity contribution in [2.75, 3.05) is 207 Å². The fourth-order valence-electron chi connectivity index (χ4n) is 13.4. The van der Waals surface area contributed by atoms with Crippen molar-refractivity contribution in [1.29, 1.82) is 0 Å². The zero-order chi connectivity index (χ0) is 107. The topological polar surface area (TPSA) is 450 Å². The molecule has 9 aromatic rings. The summed E-state index contributed by atoms with van der Waals surface area (Å²) in [6.45, 7) is 42.2. The first kappa shape index (κ1) is 124. The number of nitrogens with two attached hydrogens (primary N) is 1. The Kier molecular flexibility index (Phi) is 49.3. The Hall–Kier alpha value is -12.6. The molecule has 6 aromatic carbocycles. The molecule has 0 radical (unpaired) electrons. The molecule has 4 N–H and O–H groups in total. The van der Waals surface area contributed by atoms with Gasteiger partial charge in [-0.25, -0.2) is 68.5 Å². The van der Waals surface area contributed by atoms with Crippen LogP contribution in [-0.2, 0) is 28.4 Å². The van der Waals surface area contributed by atoms with Gasteiger partial charge < -0.3 is 104 Å². The molecule has 0 aliphatic carbocycles. The van der Waals surface area contributed by atoms with Crippen LogP contribution in [0.25, 0.3) is 0 Å². The number of nitro groups is 2. The van der Waals surface area contributed by atoms with Crippen molar-refractivity contribution in [2.45, 2.75) is 139 Å². The number of rotatable bonds is 18. The molecule has 47 heteroatoms. The molecular weight excluding hydrogens is 1980 g/mol. The second-order valence-electron chi connectivity index (χ2n) is 37.6. The number of nitrogens with zero attached hydrogens (tertiary/aromatic N) is 18. The van der Waals surface area contributed by atoms with Gasteiger partial charge in [-0.2, -0.15) is 0 Å². The summed E-state index contributed by atoms with van der Waals surface area (Å²) in [6, 6.07) is 38.8. The van der Waals surface area contributed by atoms with Gasteiger partial charge in [-0.1, -0.05) is 48.3 Å². The molecule has 4 aliphatic heterocycles. The van der Waals surface area contributed by atoms with Gasteiger partial charge in [0, 0.05) is 211 Å². The van der Waals surface area contributed by atoms with Crippen LogP contribution in [0.3, 0.4) is 0 Å². The summed E-state index contributed by atoms with van der Waals surface area (Å²) in [7, 11) is 14.9. The number of nitro benzene ring substituents is 2. The Morgan fingerprint density at radius 1 is 0.411 bits per heavy atom. The molecule has 4 aliphatic rings. The van der Waals surface area contributed by atoms with Crippen LogP contribution in [-0.4, -0.2) is 285 Å². The molecule has 792 valence electrons. The van der Waals surface area contributed by atoms with Crippen molar-refractivity contribution in [2.24, 2.45) is 0 Å². The van der Waals surface area contributed by atoms with Crippen molar-refractivity contribution in [3.8, 4) is 28.7 Å². The fourth-order valence-corrected chi connectivity index (χ4v) is 13.9. The Balaban J connectivity index is 0.000000374. The molecule has 4 saturated heterocycles. The summed E-state index contributed by atoms with van der Waals surface area (Å²) >= 11 is 21.8. The van der Waals surface area contributed by atoms with Crippen LogP contribution >= 0.6 is 46.4 Å². The van der Waals surface area contributed by atoms with Crippen LogP contribution in [0.1, 0.15) is 113 Å². The summed E-state index contributed by atoms with van der Waals surface area (Å²) in [5.74, 6) is 3.44. The largest absolute Gasteiger partial charge is 1.00 e. The number of methoxy groups -OCH3 is 4. The van der Waals surface area contributed by atoms with Gasteiger partial charge in [-0.05, 0) is 199 Å². The van der Waals surface area contributed by atoms with E-state index in [1.165, 1.54) is 83.0 Å². The smallest absolute Gasteiger partial charge is 1.00 e. The van der Waals surface area contributed by atoms with Crippen molar-refractivity contribution in [3.63, 3.8) is 0 Å². The third-order valence-corrected chi connectivity index (χ3v) is 21.0. The third kappa shape index (κ3) is 43.6. The van der Waals surface area contributed by atoms with Crippen LogP contribution in [0.5, 0.6) is 28.7 Å². The van der Waals surface area contributed by atoms with Crippen LogP contribution in [0.2, 0.25) is 15.5 Å². The molecular formula is C99H136Cl4N21NaO21. The summed E-state index contributed by atoms with van der Waals surface area (Å²) in [5.41, 5.74) is 8.37. The minimum atomic E-state index is -1.06. The SMILES string of the molecule is C.CC(C)(C)OC(=O)OC(=O)OC(C)(C)C.COc1cc(N2CCN(C)CC2)ccc1N.COc1cc(N2CCN(C)CC2)ccc1N(C(=O)OC(C)(C)C)c1cc(Cl)ncn1.COc1cc(N2CCN(C)CC2)ccc1N(C(=O)OC(C)(C)C)c1cc(Nc2cccc([N+](=O)[O-])c2)ncn1.COc1cc(N2CCN(C)CC2)ccc1NC(=O)OC(C)(C)C.Clc1cc(Cl)ncn1.O=C(Cl)Oc1ccc([N+](=O)[O-])cc1.[H-].[Na+]. The standard InChI is InChI=1S/C27H33N7O5.C21H28ClN5O3.C17H27N3O3.C12H19N3O.C10H18O5.C7H4ClNO4.C4H2Cl2N2.CH4.Na.H/c1-27(2,3)39-26(35)33(22-10-9-20(16-23(22)38-5)32-13-11-31(4)12-14-32)25-17-24(28-18-29-25)30-19-7-6-8-21(15-19)34(36)37;1-21(2,3)30-20(28)27(19-13-18(22)23-14-24-19)16-7-6-15(12-17(16)29-5)26-10-8-25(4)9-11-26;1-17(2,3)23-16(21)18-14-7-6-13(12-15(14)22-5)20-10-8-19(4)9-11-20;1-14-5-7-15(8-6-14)10-3-4-11(13)12(9-10)16-2;1-9(2,3)14-7(11)13-8(12)15-10(4,5)6;8-7(10)13-6-3-1-5(2-4-6)9(11)12;5-3-1-4(6)8-2-7-3;;;/h6-10,15-18H,11-14H2,1-5H3,(H,28,29,30);6-7,12-14H,8-11H2,1-5H3;6-7,12H,8-11H2,1-5H3,(H,18,21);3-4,9H,5-8,13H2,1-2H3;1-6H3;1-4H;1-2H;1H4;;/q;;;;;;;;+1;-1. The van der Waals surface area contributed by atoms with Gasteiger partial charge in [0.05, 0.1) is 61.0 Å². The van der Waals surface area contributed by atoms with E-state index in [9.17, 15) is 49.0 Å². The number of hydrogen-bond donors (Lipinski definition) is 3. The molecule has 146 heavy (non-hydrogen) atoms. The van der Waals surface area contributed by atoms with E-state index < -0.39 is 73.9 Å². The molecule has 3 amide bonds. The molecule has 13 rings (SSSR count). The number of hydrogen-bond acceptors (Lipinski definition) is 37. The normalized spacial score (nSPS) is 13.9.